The van der Waals surface area contributed by atoms with Crippen LogP contribution in [0.5, 0.6) is 0 Å². The summed E-state index contributed by atoms with van der Waals surface area (Å²) in [6.45, 7) is 3.85. The SMILES string of the molecule is C=C(C)C(=O)OCCO[PH](=O)c1ccc(N(CC(=O)O)CC(=O)O)cc1. The maximum Gasteiger partial charge on any atom is 0.333 e. The Morgan fingerprint density at radius 3 is 2.08 bits per heavy atom. The number of benzene rings is 1. The van der Waals surface area contributed by atoms with Crippen LogP contribution < -0.4 is 10.2 Å². The Labute approximate surface area is 150 Å². The number of aliphatic carboxylic acids is 2. The number of hydrogen-bond acceptors (Lipinski definition) is 7. The zero-order valence-corrected chi connectivity index (χ0v) is 15.1. The van der Waals surface area contributed by atoms with Gasteiger partial charge in [-0.2, -0.15) is 0 Å². The highest BCUT2D eigenvalue weighted by molar-refractivity contribution is 7.48. The monoisotopic (exact) mass is 385 g/mol. The number of rotatable bonds is 11. The van der Waals surface area contributed by atoms with E-state index in [0.717, 1.165) is 4.90 Å². The fourth-order valence-corrected chi connectivity index (χ4v) is 2.72. The Morgan fingerprint density at radius 1 is 1.08 bits per heavy atom. The number of carboxylic acid groups (broad SMARTS) is 2. The molecule has 0 aliphatic rings. The molecule has 0 aromatic heterocycles. The van der Waals surface area contributed by atoms with Gasteiger partial charge in [-0.25, -0.2) is 4.79 Å². The number of nitrogens with zero attached hydrogens (tertiary/aromatic N) is 1. The summed E-state index contributed by atoms with van der Waals surface area (Å²) in [5.41, 5.74) is 0.615. The predicted molar refractivity (Wildman–Crippen MR) is 94.3 cm³/mol. The van der Waals surface area contributed by atoms with Crippen LogP contribution in [0.15, 0.2) is 36.4 Å². The summed E-state index contributed by atoms with van der Waals surface area (Å²) in [5.74, 6) is -2.90. The van der Waals surface area contributed by atoms with E-state index < -0.39 is 39.0 Å². The minimum Gasteiger partial charge on any atom is -0.480 e. The van der Waals surface area contributed by atoms with Crippen LogP contribution in [-0.4, -0.2) is 54.4 Å². The van der Waals surface area contributed by atoms with Crippen LogP contribution in [0.1, 0.15) is 6.92 Å². The first-order valence-electron chi connectivity index (χ1n) is 7.49. The largest absolute Gasteiger partial charge is 0.480 e. The zero-order valence-electron chi connectivity index (χ0n) is 14.1. The highest BCUT2D eigenvalue weighted by Crippen LogP contribution is 2.23. The summed E-state index contributed by atoms with van der Waals surface area (Å²) in [5, 5.41) is 18.1. The number of carboxylic acids is 2. The fraction of sp³-hybridized carbons (Fsp3) is 0.312. The maximum atomic E-state index is 12.1. The maximum absolute atomic E-state index is 12.1. The number of esters is 1. The lowest BCUT2D eigenvalue weighted by atomic mass is 10.3. The summed E-state index contributed by atoms with van der Waals surface area (Å²) < 4.78 is 22.0. The second-order valence-corrected chi connectivity index (χ2v) is 6.68. The fourth-order valence-electron chi connectivity index (χ4n) is 1.85. The second kappa shape index (κ2) is 10.4. The molecule has 0 aliphatic heterocycles. The molecule has 0 saturated heterocycles. The van der Waals surface area contributed by atoms with Gasteiger partial charge in [0.2, 0.25) is 8.03 Å². The molecular formula is C16H20NO8P. The van der Waals surface area contributed by atoms with Crippen molar-refractivity contribution in [3.8, 4) is 0 Å². The topological polar surface area (TPSA) is 130 Å². The third-order valence-electron chi connectivity index (χ3n) is 3.02. The molecule has 1 aromatic carbocycles. The Balaban J connectivity index is 2.62. The van der Waals surface area contributed by atoms with Crippen LogP contribution in [0, 0.1) is 0 Å². The molecule has 0 radical (unpaired) electrons. The molecule has 2 N–H and O–H groups in total. The van der Waals surface area contributed by atoms with Crippen LogP contribution >= 0.6 is 8.03 Å². The van der Waals surface area contributed by atoms with Gasteiger partial charge in [-0.05, 0) is 31.2 Å². The predicted octanol–water partition coefficient (Wildman–Crippen LogP) is 0.898. The van der Waals surface area contributed by atoms with Crippen LogP contribution in [0.3, 0.4) is 0 Å². The van der Waals surface area contributed by atoms with E-state index in [0.29, 0.717) is 11.0 Å². The van der Waals surface area contributed by atoms with E-state index in [4.69, 9.17) is 19.5 Å². The standard InChI is InChI=1S/C16H20NO8P/c1-11(2)16(22)24-7-8-25-26(23)13-5-3-12(4-6-13)17(9-14(18)19)10-15(20)21/h3-6,26H,1,7-10H2,2H3,(H,18,19)(H,20,21). The van der Waals surface area contributed by atoms with E-state index in [2.05, 4.69) is 6.58 Å². The highest BCUT2D eigenvalue weighted by atomic mass is 31.1. The van der Waals surface area contributed by atoms with Gasteiger partial charge in [-0.3, -0.25) is 14.2 Å². The molecule has 1 atom stereocenters. The molecule has 0 fully saturated rings. The summed E-state index contributed by atoms with van der Waals surface area (Å²) in [6, 6.07) is 5.86. The minimum atomic E-state index is -2.59. The van der Waals surface area contributed by atoms with Crippen molar-refractivity contribution in [3.63, 3.8) is 0 Å². The molecular weight excluding hydrogens is 365 g/mol. The van der Waals surface area contributed by atoms with Crippen LogP contribution in [-0.2, 0) is 28.2 Å². The number of anilines is 1. The second-order valence-electron chi connectivity index (χ2n) is 5.24. The molecule has 26 heavy (non-hydrogen) atoms. The molecule has 1 rings (SSSR count). The number of ether oxygens (including phenoxy) is 1. The van der Waals surface area contributed by atoms with E-state index in [1.54, 1.807) is 0 Å². The van der Waals surface area contributed by atoms with Crippen molar-refractivity contribution in [3.05, 3.63) is 36.4 Å². The van der Waals surface area contributed by atoms with E-state index in [-0.39, 0.29) is 18.8 Å². The Hall–Kier alpha value is -2.64. The molecule has 0 saturated carbocycles. The third kappa shape index (κ3) is 7.50. The van der Waals surface area contributed by atoms with Gasteiger partial charge >= 0.3 is 17.9 Å². The molecule has 0 heterocycles. The van der Waals surface area contributed by atoms with E-state index in [1.165, 1.54) is 31.2 Å². The molecule has 10 heteroatoms. The van der Waals surface area contributed by atoms with E-state index in [9.17, 15) is 18.9 Å². The Kier molecular flexibility index (Phi) is 8.54. The van der Waals surface area contributed by atoms with Crippen molar-refractivity contribution in [2.75, 3.05) is 31.2 Å². The van der Waals surface area contributed by atoms with Crippen molar-refractivity contribution in [2.24, 2.45) is 0 Å². The van der Waals surface area contributed by atoms with Crippen molar-refractivity contribution >= 4 is 36.9 Å². The average molecular weight is 385 g/mol. The summed E-state index contributed by atoms with van der Waals surface area (Å²) >= 11 is 0. The quantitative estimate of drug-likeness (QED) is 0.247. The summed E-state index contributed by atoms with van der Waals surface area (Å²) in [7, 11) is -2.59. The van der Waals surface area contributed by atoms with Gasteiger partial charge in [0.25, 0.3) is 0 Å². The molecule has 9 nitrogen and oxygen atoms in total. The number of hydrogen-bond donors (Lipinski definition) is 2. The first kappa shape index (κ1) is 21.4. The molecule has 1 unspecified atom stereocenters. The van der Waals surface area contributed by atoms with Gasteiger partial charge in [-0.15, -0.1) is 0 Å². The smallest absolute Gasteiger partial charge is 0.333 e. The lowest BCUT2D eigenvalue weighted by molar-refractivity contribution is -0.140. The van der Waals surface area contributed by atoms with Crippen molar-refractivity contribution in [1.82, 2.24) is 0 Å². The average Bonchev–Trinajstić information content (AvgIpc) is 2.57. The van der Waals surface area contributed by atoms with Gasteiger partial charge in [0.15, 0.2) is 0 Å². The lowest BCUT2D eigenvalue weighted by Crippen LogP contribution is -2.34. The summed E-state index contributed by atoms with van der Waals surface area (Å²) in [4.78, 5) is 34.0. The van der Waals surface area contributed by atoms with E-state index >= 15 is 0 Å². The molecule has 0 spiro atoms. The number of carbonyl (C=O) groups excluding carboxylic acids is 1. The molecule has 0 bridgehead atoms. The lowest BCUT2D eigenvalue weighted by Gasteiger charge is -2.20. The minimum absolute atomic E-state index is 0.0529. The number of carbonyl (C=O) groups is 3. The van der Waals surface area contributed by atoms with Gasteiger partial charge in [0.05, 0.1) is 6.61 Å². The van der Waals surface area contributed by atoms with Crippen LogP contribution in [0.25, 0.3) is 0 Å². The normalized spacial score (nSPS) is 11.4. The van der Waals surface area contributed by atoms with E-state index in [1.807, 2.05) is 0 Å². The zero-order chi connectivity index (χ0) is 19.7. The van der Waals surface area contributed by atoms with Gasteiger partial charge in [-0.1, -0.05) is 6.58 Å². The van der Waals surface area contributed by atoms with Gasteiger partial charge in [0.1, 0.15) is 19.7 Å². The molecule has 142 valence electrons. The van der Waals surface area contributed by atoms with Gasteiger partial charge < -0.3 is 24.4 Å². The van der Waals surface area contributed by atoms with Crippen molar-refractivity contribution in [2.45, 2.75) is 6.92 Å². The summed E-state index contributed by atoms with van der Waals surface area (Å²) in [6.07, 6.45) is 0. The van der Waals surface area contributed by atoms with Crippen molar-refractivity contribution < 1.29 is 38.4 Å². The molecule has 0 amide bonds. The third-order valence-corrected chi connectivity index (χ3v) is 4.29. The van der Waals surface area contributed by atoms with Crippen LogP contribution in [0.4, 0.5) is 5.69 Å². The molecule has 0 aliphatic carbocycles. The van der Waals surface area contributed by atoms with Crippen LogP contribution in [0.2, 0.25) is 0 Å². The van der Waals surface area contributed by atoms with Crippen molar-refractivity contribution in [1.29, 1.82) is 0 Å². The molecule has 1 aromatic rings. The Morgan fingerprint density at radius 2 is 1.62 bits per heavy atom. The first-order valence-corrected chi connectivity index (χ1v) is 8.80. The highest BCUT2D eigenvalue weighted by Gasteiger charge is 2.15. The Bertz CT molecular complexity index is 685. The van der Waals surface area contributed by atoms with Gasteiger partial charge in [0, 0.05) is 16.6 Å². The first-order chi connectivity index (χ1) is 12.2.